The summed E-state index contributed by atoms with van der Waals surface area (Å²) in [4.78, 5) is 12.0. The van der Waals surface area contributed by atoms with Gasteiger partial charge in [0.2, 0.25) is 0 Å². The van der Waals surface area contributed by atoms with E-state index in [9.17, 15) is 4.79 Å². The van der Waals surface area contributed by atoms with Gasteiger partial charge < -0.3 is 10.5 Å². The second kappa shape index (κ2) is 5.11. The van der Waals surface area contributed by atoms with Crippen molar-refractivity contribution >= 4 is 5.78 Å². The average Bonchev–Trinajstić information content (AvgIpc) is 2.41. The lowest BCUT2D eigenvalue weighted by Crippen LogP contribution is -2.19. The maximum atomic E-state index is 12.0. The van der Waals surface area contributed by atoms with Gasteiger partial charge in [-0.1, -0.05) is 0 Å². The number of benzene rings is 1. The summed E-state index contributed by atoms with van der Waals surface area (Å²) >= 11 is 0. The van der Waals surface area contributed by atoms with E-state index in [1.54, 1.807) is 7.11 Å². The largest absolute Gasteiger partial charge is 0.496 e. The number of Topliss-reactive ketones (excluding diaryl/α,β-unsaturated/α-hetero) is 1. The topological polar surface area (TPSA) is 52.3 Å². The van der Waals surface area contributed by atoms with Crippen molar-refractivity contribution in [2.24, 2.45) is 5.73 Å². The number of carbonyl (C=O) groups excluding carboxylic acids is 1. The summed E-state index contributed by atoms with van der Waals surface area (Å²) in [6.07, 6.45) is 4.59. The molecule has 1 aromatic rings. The van der Waals surface area contributed by atoms with Gasteiger partial charge in [-0.2, -0.15) is 0 Å². The Kier molecular flexibility index (Phi) is 3.71. The van der Waals surface area contributed by atoms with Crippen molar-refractivity contribution in [3.05, 3.63) is 27.8 Å². The molecular weight excluding hydrogens is 226 g/mol. The number of rotatable bonds is 3. The molecular formula is C15H21NO2. The molecule has 98 valence electrons. The zero-order valence-corrected chi connectivity index (χ0v) is 11.4. The summed E-state index contributed by atoms with van der Waals surface area (Å²) in [6, 6.07) is 0. The normalized spacial score (nSPS) is 14.2. The fourth-order valence-electron chi connectivity index (χ4n) is 3.07. The highest BCUT2D eigenvalue weighted by molar-refractivity contribution is 6.02. The number of carbonyl (C=O) groups is 1. The minimum Gasteiger partial charge on any atom is -0.496 e. The summed E-state index contributed by atoms with van der Waals surface area (Å²) in [5.41, 5.74) is 11.1. The highest BCUT2D eigenvalue weighted by Crippen LogP contribution is 2.37. The Labute approximate surface area is 108 Å². The van der Waals surface area contributed by atoms with Crippen LogP contribution in [-0.4, -0.2) is 19.4 Å². The zero-order valence-electron chi connectivity index (χ0n) is 11.4. The first-order valence-electron chi connectivity index (χ1n) is 6.54. The van der Waals surface area contributed by atoms with Crippen molar-refractivity contribution in [2.75, 3.05) is 13.7 Å². The number of fused-ring (bicyclic) bond motifs is 1. The third-order valence-corrected chi connectivity index (χ3v) is 3.98. The molecule has 0 atom stereocenters. The molecule has 1 aliphatic rings. The fourth-order valence-corrected chi connectivity index (χ4v) is 3.07. The molecule has 3 heteroatoms. The van der Waals surface area contributed by atoms with Gasteiger partial charge in [0.05, 0.1) is 19.2 Å². The lowest BCUT2D eigenvalue weighted by molar-refractivity contribution is 0.0997. The van der Waals surface area contributed by atoms with Crippen LogP contribution in [0.15, 0.2) is 0 Å². The molecule has 0 amide bonds. The molecule has 0 unspecified atom stereocenters. The summed E-state index contributed by atoms with van der Waals surface area (Å²) in [5, 5.41) is 0. The van der Waals surface area contributed by atoms with E-state index >= 15 is 0 Å². The van der Waals surface area contributed by atoms with Gasteiger partial charge in [-0.3, -0.25) is 4.79 Å². The smallest absolute Gasteiger partial charge is 0.180 e. The van der Waals surface area contributed by atoms with Crippen molar-refractivity contribution in [3.63, 3.8) is 0 Å². The number of hydrogen-bond acceptors (Lipinski definition) is 3. The first-order chi connectivity index (χ1) is 8.61. The van der Waals surface area contributed by atoms with Gasteiger partial charge in [-0.05, 0) is 61.8 Å². The van der Waals surface area contributed by atoms with E-state index in [-0.39, 0.29) is 12.3 Å². The number of hydrogen-bond donors (Lipinski definition) is 1. The molecule has 18 heavy (non-hydrogen) atoms. The van der Waals surface area contributed by atoms with E-state index in [1.165, 1.54) is 24.0 Å². The van der Waals surface area contributed by atoms with E-state index < -0.39 is 0 Å². The average molecular weight is 247 g/mol. The Hall–Kier alpha value is -1.35. The molecule has 0 saturated heterocycles. The second-order valence-corrected chi connectivity index (χ2v) is 4.95. The lowest BCUT2D eigenvalue weighted by Gasteiger charge is -2.25. The maximum Gasteiger partial charge on any atom is 0.180 e. The summed E-state index contributed by atoms with van der Waals surface area (Å²) in [7, 11) is 1.63. The van der Waals surface area contributed by atoms with Gasteiger partial charge in [-0.15, -0.1) is 0 Å². The van der Waals surface area contributed by atoms with Crippen LogP contribution >= 0.6 is 0 Å². The number of methoxy groups -OCH3 is 1. The van der Waals surface area contributed by atoms with Crippen LogP contribution in [0.3, 0.4) is 0 Å². The van der Waals surface area contributed by atoms with Crippen LogP contribution in [0, 0.1) is 13.8 Å². The summed E-state index contributed by atoms with van der Waals surface area (Å²) in [5.74, 6) is 0.699. The SMILES string of the molecule is COc1c(C)c2c(c(C)c1C(=O)CN)CCCC2. The third kappa shape index (κ3) is 1.93. The van der Waals surface area contributed by atoms with E-state index in [0.717, 1.165) is 29.7 Å². The lowest BCUT2D eigenvalue weighted by atomic mass is 9.82. The van der Waals surface area contributed by atoms with Crippen molar-refractivity contribution in [1.29, 1.82) is 0 Å². The Morgan fingerprint density at radius 2 is 1.72 bits per heavy atom. The highest BCUT2D eigenvalue weighted by Gasteiger charge is 2.24. The maximum absolute atomic E-state index is 12.0. The zero-order chi connectivity index (χ0) is 13.3. The summed E-state index contributed by atoms with van der Waals surface area (Å²) < 4.78 is 5.47. The Morgan fingerprint density at radius 3 is 2.22 bits per heavy atom. The molecule has 0 aliphatic heterocycles. The molecule has 0 saturated carbocycles. The third-order valence-electron chi connectivity index (χ3n) is 3.98. The number of nitrogens with two attached hydrogens (primary N) is 1. The van der Waals surface area contributed by atoms with Crippen LogP contribution in [0.1, 0.15) is 45.5 Å². The number of ketones is 1. The molecule has 0 aromatic heterocycles. The van der Waals surface area contributed by atoms with E-state index in [2.05, 4.69) is 6.92 Å². The van der Waals surface area contributed by atoms with Gasteiger partial charge in [0.15, 0.2) is 5.78 Å². The predicted octanol–water partition coefficient (Wildman–Crippen LogP) is 2.33. The molecule has 0 radical (unpaired) electrons. The van der Waals surface area contributed by atoms with Crippen molar-refractivity contribution in [2.45, 2.75) is 39.5 Å². The van der Waals surface area contributed by atoms with Crippen LogP contribution in [0.2, 0.25) is 0 Å². The van der Waals surface area contributed by atoms with Gasteiger partial charge in [0.25, 0.3) is 0 Å². The first-order valence-corrected chi connectivity index (χ1v) is 6.54. The van der Waals surface area contributed by atoms with Crippen LogP contribution in [0.25, 0.3) is 0 Å². The minimum absolute atomic E-state index is 0.0270. The standard InChI is InChI=1S/C15H21NO2/c1-9-11-6-4-5-7-12(11)10(2)15(18-3)14(9)13(17)8-16/h4-8,16H2,1-3H3. The van der Waals surface area contributed by atoms with Gasteiger partial charge >= 0.3 is 0 Å². The van der Waals surface area contributed by atoms with Crippen molar-refractivity contribution < 1.29 is 9.53 Å². The quantitative estimate of drug-likeness (QED) is 0.834. The molecule has 0 fully saturated rings. The summed E-state index contributed by atoms with van der Waals surface area (Å²) in [6.45, 7) is 4.11. The van der Waals surface area contributed by atoms with Gasteiger partial charge in [0.1, 0.15) is 5.75 Å². The molecule has 0 spiro atoms. The van der Waals surface area contributed by atoms with Gasteiger partial charge in [0, 0.05) is 0 Å². The predicted molar refractivity (Wildman–Crippen MR) is 72.5 cm³/mol. The molecule has 2 rings (SSSR count). The Balaban J connectivity index is 2.72. The molecule has 3 nitrogen and oxygen atoms in total. The molecule has 0 heterocycles. The Morgan fingerprint density at radius 1 is 1.17 bits per heavy atom. The number of ether oxygens (including phenoxy) is 1. The highest BCUT2D eigenvalue weighted by atomic mass is 16.5. The monoisotopic (exact) mass is 247 g/mol. The van der Waals surface area contributed by atoms with Crippen molar-refractivity contribution in [1.82, 2.24) is 0 Å². The van der Waals surface area contributed by atoms with Crippen LogP contribution in [0.4, 0.5) is 0 Å². The van der Waals surface area contributed by atoms with Crippen LogP contribution in [0.5, 0.6) is 5.75 Å². The molecule has 0 bridgehead atoms. The van der Waals surface area contributed by atoms with E-state index in [4.69, 9.17) is 10.5 Å². The molecule has 2 N–H and O–H groups in total. The minimum atomic E-state index is -0.0270. The molecule has 1 aliphatic carbocycles. The van der Waals surface area contributed by atoms with Gasteiger partial charge in [-0.25, -0.2) is 0 Å². The molecule has 1 aromatic carbocycles. The Bertz CT molecular complexity index is 492. The second-order valence-electron chi connectivity index (χ2n) is 4.95. The van der Waals surface area contributed by atoms with Crippen LogP contribution < -0.4 is 10.5 Å². The van der Waals surface area contributed by atoms with Crippen LogP contribution in [-0.2, 0) is 12.8 Å². The van der Waals surface area contributed by atoms with E-state index in [1.807, 2.05) is 6.92 Å². The fraction of sp³-hybridized carbons (Fsp3) is 0.533. The van der Waals surface area contributed by atoms with Crippen molar-refractivity contribution in [3.8, 4) is 5.75 Å². The van der Waals surface area contributed by atoms with E-state index in [0.29, 0.717) is 5.56 Å². The first kappa shape index (κ1) is 13.1.